The Balaban J connectivity index is 0.00000676. The zero-order valence-corrected chi connectivity index (χ0v) is 19.5. The Morgan fingerprint density at radius 3 is 1.78 bits per heavy atom. The molecule has 0 aliphatic carbocycles. The standard InChI is InChI=1S/C19H31.2CH3O.Mo.H3N.2O/c1-2-3-4-5-6-7-8-9-10-11-13-16-19-17-14-12-15-18-19;2*1-2;;;;/h12-15,17-18H,2-11,16H2,1H3;2*1H3;;1H3;;/q;2*-1;+2;;;. The summed E-state index contributed by atoms with van der Waals surface area (Å²) in [6.07, 6.45) is 12.0. The van der Waals surface area contributed by atoms with Crippen LogP contribution in [-0.4, -0.2) is 14.2 Å². The van der Waals surface area contributed by atoms with E-state index in [4.69, 9.17) is 6.78 Å². The number of unbranched alkanes of at least 4 members (excludes halogenated alkanes) is 8. The fourth-order valence-electron chi connectivity index (χ4n) is 3.33. The van der Waals surface area contributed by atoms with E-state index in [0.29, 0.717) is 12.8 Å². The van der Waals surface area contributed by atoms with Crippen LogP contribution in [0.25, 0.3) is 0 Å². The molecule has 0 aromatic heterocycles. The molecule has 0 radical (unpaired) electrons. The Hall–Kier alpha value is -0.612. The Morgan fingerprint density at radius 2 is 1.30 bits per heavy atom. The topological polar surface area (TPSA) is 87.6 Å². The van der Waals surface area contributed by atoms with Crippen LogP contribution in [0.15, 0.2) is 30.3 Å². The van der Waals surface area contributed by atoms with Gasteiger partial charge in [-0.05, 0) is 0 Å². The third kappa shape index (κ3) is 9.42. The summed E-state index contributed by atoms with van der Waals surface area (Å²) in [5, 5.41) is 0. The average Bonchev–Trinajstić information content (AvgIpc) is 2.67. The van der Waals surface area contributed by atoms with Crippen LogP contribution in [0.4, 0.5) is 0 Å². The van der Waals surface area contributed by atoms with Crippen LogP contribution in [0, 0.1) is 0 Å². The number of rotatable bonds is 15. The van der Waals surface area contributed by atoms with Gasteiger partial charge >= 0.3 is 161 Å². The molecule has 159 valence electrons. The maximum absolute atomic E-state index is 13.0. The summed E-state index contributed by atoms with van der Waals surface area (Å²) in [4.78, 5) is 0. The monoisotopic (exact) mass is 468 g/mol. The summed E-state index contributed by atoms with van der Waals surface area (Å²) in [5.41, 5.74) is 1.00. The zero-order valence-electron chi connectivity index (χ0n) is 17.5. The first-order valence-electron chi connectivity index (χ1n) is 10.0. The van der Waals surface area contributed by atoms with Gasteiger partial charge in [0.15, 0.2) is 0 Å². The Kier molecular flexibility index (Phi) is 13.2. The summed E-state index contributed by atoms with van der Waals surface area (Å²) in [5.74, 6) is 0. The molecule has 0 saturated carbocycles. The smallest absolute Gasteiger partial charge is 0.344 e. The Labute approximate surface area is 167 Å². The van der Waals surface area contributed by atoms with Gasteiger partial charge in [0.25, 0.3) is 0 Å². The second kappa shape index (κ2) is 13.5. The van der Waals surface area contributed by atoms with Crippen LogP contribution in [0.5, 0.6) is 0 Å². The molecule has 0 bridgehead atoms. The molecule has 3 N–H and O–H groups in total. The van der Waals surface area contributed by atoms with Crippen molar-refractivity contribution in [3.63, 3.8) is 0 Å². The van der Waals surface area contributed by atoms with Gasteiger partial charge in [0.2, 0.25) is 0 Å². The summed E-state index contributed by atoms with van der Waals surface area (Å²) >= 11 is -5.87. The number of hydrogen-bond donors (Lipinski definition) is 1. The van der Waals surface area contributed by atoms with Gasteiger partial charge in [0.05, 0.1) is 0 Å². The van der Waals surface area contributed by atoms with E-state index in [-0.39, 0.29) is 6.15 Å². The first-order valence-corrected chi connectivity index (χ1v) is 14.4. The molecule has 5 nitrogen and oxygen atoms in total. The van der Waals surface area contributed by atoms with E-state index in [9.17, 15) is 6.80 Å². The third-order valence-electron chi connectivity index (χ3n) is 5.08. The summed E-state index contributed by atoms with van der Waals surface area (Å²) in [6.45, 7) is 2.23. The van der Waals surface area contributed by atoms with Gasteiger partial charge in [-0.25, -0.2) is 0 Å². The third-order valence-corrected chi connectivity index (χ3v) is 11.7. The number of benzene rings is 1. The average molecular weight is 466 g/mol. The van der Waals surface area contributed by atoms with Crippen LogP contribution < -0.4 is 6.15 Å². The van der Waals surface area contributed by atoms with Crippen LogP contribution in [-0.2, 0) is 35.5 Å². The molecule has 1 aromatic carbocycles. The molecule has 27 heavy (non-hydrogen) atoms. The van der Waals surface area contributed by atoms with Crippen molar-refractivity contribution in [3.05, 3.63) is 35.9 Å². The molecule has 0 saturated heterocycles. The molecule has 1 rings (SSSR count). The van der Waals surface area contributed by atoms with Crippen LogP contribution in [0.1, 0.15) is 76.7 Å². The molecule has 0 amide bonds. The van der Waals surface area contributed by atoms with Crippen molar-refractivity contribution in [2.75, 3.05) is 14.2 Å². The van der Waals surface area contributed by atoms with Gasteiger partial charge in [-0.1, -0.05) is 0 Å². The molecule has 1 atom stereocenters. The van der Waals surface area contributed by atoms with E-state index in [0.717, 1.165) is 18.4 Å². The van der Waals surface area contributed by atoms with E-state index in [1.54, 1.807) is 0 Å². The number of hydrogen-bond acceptors (Lipinski definition) is 5. The van der Waals surface area contributed by atoms with E-state index in [2.05, 4.69) is 6.92 Å². The quantitative estimate of drug-likeness (QED) is 0.232. The van der Waals surface area contributed by atoms with Gasteiger partial charge in [0.1, 0.15) is 0 Å². The van der Waals surface area contributed by atoms with Crippen molar-refractivity contribution in [2.45, 2.75) is 81.9 Å². The van der Waals surface area contributed by atoms with Gasteiger partial charge in [-0.15, -0.1) is 0 Å². The van der Waals surface area contributed by atoms with Gasteiger partial charge in [0, 0.05) is 0 Å². The molecule has 0 spiro atoms. The molecule has 0 aliphatic rings. The predicted molar refractivity (Wildman–Crippen MR) is 106 cm³/mol. The second-order valence-electron chi connectivity index (χ2n) is 7.06. The van der Waals surface area contributed by atoms with E-state index >= 15 is 0 Å². The van der Waals surface area contributed by atoms with Crippen molar-refractivity contribution >= 4 is 0 Å². The fourth-order valence-corrected chi connectivity index (χ4v) is 7.50. The second-order valence-corrected chi connectivity index (χ2v) is 14.2. The largest absolute Gasteiger partial charge is 0.344 e. The SMILES string of the molecule is CCCCCCCCCCC[CH](Cc1ccccc1)[Mo](=[O])(=[O])([O]C)[O]C.N. The van der Waals surface area contributed by atoms with Crippen molar-refractivity contribution < 1.29 is 29.1 Å². The van der Waals surface area contributed by atoms with Crippen LogP contribution >= 0.6 is 0 Å². The predicted octanol–water partition coefficient (Wildman–Crippen LogP) is 6.60. The molecule has 0 fully saturated rings. The summed E-state index contributed by atoms with van der Waals surface area (Å²) in [6, 6.07) is 9.72. The van der Waals surface area contributed by atoms with E-state index < -0.39 is 19.8 Å². The molecule has 6 heteroatoms. The van der Waals surface area contributed by atoms with E-state index in [1.165, 1.54) is 59.2 Å². The maximum atomic E-state index is 13.0. The van der Waals surface area contributed by atoms with E-state index in [1.807, 2.05) is 30.3 Å². The molecule has 1 unspecified atom stereocenters. The Bertz CT molecular complexity index is 600. The molecule has 0 aliphatic heterocycles. The first-order chi connectivity index (χ1) is 12.4. The van der Waals surface area contributed by atoms with Gasteiger partial charge in [-0.3, -0.25) is 0 Å². The van der Waals surface area contributed by atoms with Crippen molar-refractivity contribution in [1.82, 2.24) is 6.15 Å². The van der Waals surface area contributed by atoms with Crippen LogP contribution in [0.2, 0.25) is 4.31 Å². The zero-order chi connectivity index (χ0) is 19.3. The van der Waals surface area contributed by atoms with Gasteiger partial charge < -0.3 is 6.15 Å². The molecule has 1 aromatic rings. The molecule has 0 heterocycles. The van der Waals surface area contributed by atoms with Crippen molar-refractivity contribution in [2.24, 2.45) is 0 Å². The summed E-state index contributed by atoms with van der Waals surface area (Å²) in [7, 11) is 2.46. The van der Waals surface area contributed by atoms with Crippen molar-refractivity contribution in [3.8, 4) is 0 Å². The summed E-state index contributed by atoms with van der Waals surface area (Å²) < 4.78 is 35.4. The first kappa shape index (κ1) is 26.4. The molecular weight excluding hydrogens is 426 g/mol. The van der Waals surface area contributed by atoms with Crippen molar-refractivity contribution in [1.29, 1.82) is 0 Å². The molecular formula is C21H40MoNO4. The maximum Gasteiger partial charge on any atom is -0.344 e. The van der Waals surface area contributed by atoms with Gasteiger partial charge in [-0.2, -0.15) is 0 Å². The normalized spacial score (nSPS) is 14.1. The minimum absolute atomic E-state index is 0. The fraction of sp³-hybridized carbons (Fsp3) is 0.714. The minimum Gasteiger partial charge on any atom is -0.344 e. The van der Waals surface area contributed by atoms with Crippen LogP contribution in [0.3, 0.4) is 0 Å². The Morgan fingerprint density at radius 1 is 0.815 bits per heavy atom. The minimum atomic E-state index is -5.87.